The van der Waals surface area contributed by atoms with Crippen molar-refractivity contribution >= 4 is 21.6 Å². The molecule has 0 saturated carbocycles. The van der Waals surface area contributed by atoms with Crippen LogP contribution >= 0.6 is 11.3 Å². The molecule has 0 spiro atoms. The summed E-state index contributed by atoms with van der Waals surface area (Å²) in [5, 5.41) is 11.9. The van der Waals surface area contributed by atoms with Gasteiger partial charge < -0.3 is 5.11 Å². The molecule has 6 rings (SSSR count). The van der Waals surface area contributed by atoms with E-state index in [4.69, 9.17) is 9.97 Å². The quantitative estimate of drug-likeness (QED) is 0.180. The van der Waals surface area contributed by atoms with Crippen LogP contribution in [-0.4, -0.2) is 15.1 Å². The minimum Gasteiger partial charge on any atom is -0.507 e. The number of nitrogens with zero attached hydrogens (tertiary/aromatic N) is 2. The number of hydrogen-bond acceptors (Lipinski definition) is 4. The molecular formula is C42H43N2OPtS-. The van der Waals surface area contributed by atoms with E-state index >= 15 is 0 Å². The van der Waals surface area contributed by atoms with E-state index in [-0.39, 0.29) is 43.1 Å². The predicted molar refractivity (Wildman–Crippen MR) is 196 cm³/mol. The number of fused-ring (bicyclic) bond motifs is 1. The van der Waals surface area contributed by atoms with Crippen molar-refractivity contribution in [3.8, 4) is 49.8 Å². The van der Waals surface area contributed by atoms with E-state index in [9.17, 15) is 5.11 Å². The fourth-order valence-corrected chi connectivity index (χ4v) is 6.87. The minimum absolute atomic E-state index is 0. The molecule has 0 unspecified atom stereocenters. The fraction of sp³-hybridized carbons (Fsp3) is 0.286. The number of phenolic OH excluding ortho intramolecular Hbond substituents is 1. The van der Waals surface area contributed by atoms with Gasteiger partial charge in [-0.1, -0.05) is 122 Å². The van der Waals surface area contributed by atoms with E-state index in [2.05, 4.69) is 117 Å². The maximum Gasteiger partial charge on any atom is 0.127 e. The number of rotatable bonds is 4. The van der Waals surface area contributed by atoms with Gasteiger partial charge in [0, 0.05) is 37.7 Å². The molecule has 0 fully saturated rings. The summed E-state index contributed by atoms with van der Waals surface area (Å²) in [7, 11) is 0. The molecule has 0 aliphatic carbocycles. The molecule has 4 aromatic carbocycles. The molecule has 0 saturated heterocycles. The molecule has 2 heterocycles. The van der Waals surface area contributed by atoms with Crippen LogP contribution in [0.25, 0.3) is 54.3 Å². The Hall–Kier alpha value is -3.59. The zero-order valence-electron chi connectivity index (χ0n) is 28.7. The van der Waals surface area contributed by atoms with Crippen LogP contribution in [0.15, 0.2) is 91.1 Å². The normalized spacial score (nSPS) is 12.3. The molecule has 2 aromatic heterocycles. The van der Waals surface area contributed by atoms with Crippen molar-refractivity contribution in [2.45, 2.75) is 78.6 Å². The molecule has 244 valence electrons. The standard InChI is InChI=1S/C42H43N2OS.Pt/c1-40(2,3)29-19-20-43-35(24-29)28-15-17-34(42(7,8)9)31(22-28)32-23-30(41(4,5)6)25-37-38(32)44-39(46-37)33-21-27(16-18-36(33)45)26-13-11-10-12-14-26;/h10-21,23-25,45H,1-9H3;/q-1;. The third kappa shape index (κ3) is 7.15. The maximum atomic E-state index is 11.1. The number of aromatic hydroxyl groups is 1. The predicted octanol–water partition coefficient (Wildman–Crippen LogP) is 11.8. The van der Waals surface area contributed by atoms with Gasteiger partial charge >= 0.3 is 0 Å². The molecular weight excluding hydrogens is 776 g/mol. The summed E-state index contributed by atoms with van der Waals surface area (Å²) in [5.74, 6) is 0.227. The van der Waals surface area contributed by atoms with Gasteiger partial charge in [0.1, 0.15) is 10.8 Å². The largest absolute Gasteiger partial charge is 0.507 e. The van der Waals surface area contributed by atoms with Crippen molar-refractivity contribution in [3.63, 3.8) is 0 Å². The molecule has 0 atom stereocenters. The first kappa shape index (κ1) is 34.7. The van der Waals surface area contributed by atoms with Gasteiger partial charge in [-0.2, -0.15) is 0 Å². The number of aromatic nitrogens is 2. The fourth-order valence-electron chi connectivity index (χ4n) is 5.81. The summed E-state index contributed by atoms with van der Waals surface area (Å²) >= 11 is 1.63. The summed E-state index contributed by atoms with van der Waals surface area (Å²) in [4.78, 5) is 10.1. The number of pyridine rings is 1. The summed E-state index contributed by atoms with van der Waals surface area (Å²) in [6, 6.07) is 33.2. The number of benzene rings is 4. The van der Waals surface area contributed by atoms with Crippen molar-refractivity contribution in [3.05, 3.63) is 114 Å². The second kappa shape index (κ2) is 12.8. The average Bonchev–Trinajstić information content (AvgIpc) is 3.44. The van der Waals surface area contributed by atoms with Gasteiger partial charge in [-0.25, -0.2) is 4.98 Å². The number of hydrogen-bond donors (Lipinski definition) is 1. The van der Waals surface area contributed by atoms with E-state index < -0.39 is 0 Å². The molecule has 1 N–H and O–H groups in total. The van der Waals surface area contributed by atoms with Crippen LogP contribution in [0.2, 0.25) is 0 Å². The number of phenols is 1. The first-order valence-corrected chi connectivity index (χ1v) is 16.8. The van der Waals surface area contributed by atoms with Gasteiger partial charge in [0.2, 0.25) is 0 Å². The van der Waals surface area contributed by atoms with E-state index in [1.807, 2.05) is 36.5 Å². The topological polar surface area (TPSA) is 46.0 Å². The minimum atomic E-state index is -0.129. The molecule has 0 aliphatic rings. The molecule has 6 aromatic rings. The summed E-state index contributed by atoms with van der Waals surface area (Å²) < 4.78 is 1.09. The van der Waals surface area contributed by atoms with Gasteiger partial charge in [0.15, 0.2) is 0 Å². The second-order valence-electron chi connectivity index (χ2n) is 15.3. The Kier molecular flexibility index (Phi) is 9.45. The molecule has 47 heavy (non-hydrogen) atoms. The van der Waals surface area contributed by atoms with E-state index in [1.54, 1.807) is 17.4 Å². The van der Waals surface area contributed by atoms with Crippen molar-refractivity contribution < 1.29 is 26.2 Å². The molecule has 0 radical (unpaired) electrons. The van der Waals surface area contributed by atoms with E-state index in [1.165, 1.54) is 16.7 Å². The van der Waals surface area contributed by atoms with Gasteiger partial charge in [-0.05, 0) is 62.8 Å². The summed E-state index contributed by atoms with van der Waals surface area (Å²) in [5.41, 5.74) is 11.3. The Balaban J connectivity index is 0.00000433. The third-order valence-electron chi connectivity index (χ3n) is 8.62. The Morgan fingerprint density at radius 3 is 2.02 bits per heavy atom. The van der Waals surface area contributed by atoms with E-state index in [0.29, 0.717) is 0 Å². The molecule has 0 aliphatic heterocycles. The number of thiazole rings is 1. The molecule has 3 nitrogen and oxygen atoms in total. The maximum absolute atomic E-state index is 11.1. The van der Waals surface area contributed by atoms with Crippen molar-refractivity contribution in [2.75, 3.05) is 0 Å². The van der Waals surface area contributed by atoms with Gasteiger partial charge in [0.25, 0.3) is 0 Å². The average molecular weight is 819 g/mol. The van der Waals surface area contributed by atoms with Crippen LogP contribution in [0.4, 0.5) is 0 Å². The smallest absolute Gasteiger partial charge is 0.127 e. The Bertz CT molecular complexity index is 2060. The van der Waals surface area contributed by atoms with Crippen LogP contribution < -0.4 is 0 Å². The Labute approximate surface area is 298 Å². The zero-order chi connectivity index (χ0) is 33.0. The van der Waals surface area contributed by atoms with Crippen molar-refractivity contribution in [1.29, 1.82) is 0 Å². The van der Waals surface area contributed by atoms with Crippen LogP contribution in [-0.2, 0) is 37.3 Å². The van der Waals surface area contributed by atoms with E-state index in [0.717, 1.165) is 54.3 Å². The van der Waals surface area contributed by atoms with Gasteiger partial charge in [-0.3, -0.25) is 4.98 Å². The summed E-state index contributed by atoms with van der Waals surface area (Å²) in [6.45, 7) is 20.2. The Morgan fingerprint density at radius 2 is 1.36 bits per heavy atom. The third-order valence-corrected chi connectivity index (χ3v) is 9.66. The van der Waals surface area contributed by atoms with Gasteiger partial charge in [-0.15, -0.1) is 40.7 Å². The summed E-state index contributed by atoms with van der Waals surface area (Å²) in [6.07, 6.45) is 1.91. The monoisotopic (exact) mass is 818 g/mol. The molecule has 0 amide bonds. The van der Waals surface area contributed by atoms with Crippen LogP contribution in [0, 0.1) is 6.07 Å². The van der Waals surface area contributed by atoms with Crippen molar-refractivity contribution in [2.24, 2.45) is 0 Å². The Morgan fingerprint density at radius 1 is 0.660 bits per heavy atom. The van der Waals surface area contributed by atoms with Crippen LogP contribution in [0.1, 0.15) is 79.0 Å². The van der Waals surface area contributed by atoms with Gasteiger partial charge in [0.05, 0.1) is 11.1 Å². The van der Waals surface area contributed by atoms with Crippen molar-refractivity contribution in [1.82, 2.24) is 9.97 Å². The first-order valence-electron chi connectivity index (χ1n) is 16.0. The molecule has 0 bridgehead atoms. The second-order valence-corrected chi connectivity index (χ2v) is 16.4. The first-order chi connectivity index (χ1) is 21.6. The van der Waals surface area contributed by atoms with Crippen LogP contribution in [0.5, 0.6) is 5.75 Å². The SMILES string of the molecule is CC(C)(C)c1ccnc(-c2[c-]c(-c3cc(C(C)(C)C)cc4sc(-c5cc(-c6ccccc6)ccc5O)nc34)c(C(C)(C)C)cc2)c1.[Pt]. The van der Waals surface area contributed by atoms with Crippen LogP contribution in [0.3, 0.4) is 0 Å². The molecule has 5 heteroatoms. The zero-order valence-corrected chi connectivity index (χ0v) is 31.8.